The minimum absolute atomic E-state index is 0.00192. The number of piperidine rings is 4. The van der Waals surface area contributed by atoms with Gasteiger partial charge in [-0.3, -0.25) is 29.1 Å². The van der Waals surface area contributed by atoms with Crippen LogP contribution in [-0.2, 0) is 98.0 Å². The zero-order valence-corrected chi connectivity index (χ0v) is 77.1. The summed E-state index contributed by atoms with van der Waals surface area (Å²) in [5.74, 6) is -14.9. The van der Waals surface area contributed by atoms with E-state index in [1.165, 1.54) is 25.3 Å². The third kappa shape index (κ3) is 27.9. The third-order valence-electron chi connectivity index (χ3n) is 22.7. The first-order valence-corrected chi connectivity index (χ1v) is 50.9. The molecule has 0 unspecified atom stereocenters. The summed E-state index contributed by atoms with van der Waals surface area (Å²) in [5.41, 5.74) is 2.29. The van der Waals surface area contributed by atoms with Crippen LogP contribution >= 0.6 is 46.1 Å². The van der Waals surface area contributed by atoms with Crippen molar-refractivity contribution in [1.82, 2.24) is 57.0 Å². The minimum atomic E-state index is -4.78. The van der Waals surface area contributed by atoms with E-state index in [-0.39, 0.29) is 133 Å². The number of likely N-dealkylation sites (tertiary alicyclic amines) is 4. The number of benzene rings is 8. The molecule has 16 rings (SSSR count). The van der Waals surface area contributed by atoms with E-state index in [4.69, 9.17) is 0 Å². The van der Waals surface area contributed by atoms with Gasteiger partial charge in [-0.05, 0) is 162 Å². The van der Waals surface area contributed by atoms with Gasteiger partial charge >= 0.3 is 18.9 Å². The molecule has 0 spiro atoms. The van der Waals surface area contributed by atoms with Crippen molar-refractivity contribution in [3.63, 3.8) is 0 Å². The van der Waals surface area contributed by atoms with Gasteiger partial charge in [0.25, 0.3) is 5.92 Å². The molecule has 12 aromatic rings. The van der Waals surface area contributed by atoms with Crippen LogP contribution < -0.4 is 0 Å². The molecule has 49 heteroatoms. The lowest BCUT2D eigenvalue weighted by molar-refractivity contribution is -0.348. The average molecular weight is 2070 g/mol. The molecule has 0 amide bonds. The summed E-state index contributed by atoms with van der Waals surface area (Å²) in [5, 5.41) is 0.586. The van der Waals surface area contributed by atoms with Gasteiger partial charge in [-0.25, -0.2) is 97.5 Å². The molecule has 0 aliphatic carbocycles. The van der Waals surface area contributed by atoms with Crippen LogP contribution in [0, 0.1) is 52.5 Å². The van der Waals surface area contributed by atoms with Crippen molar-refractivity contribution in [1.29, 1.82) is 0 Å². The number of halogens is 19. The molecule has 4 saturated heterocycles. The highest BCUT2D eigenvalue weighted by atomic mass is 32.2. The Morgan fingerprint density at radius 3 is 0.853 bits per heavy atom. The molecule has 22 nitrogen and oxygen atoms in total. The van der Waals surface area contributed by atoms with Gasteiger partial charge in [0.2, 0.25) is 0 Å². The molecule has 0 radical (unpaired) electrons. The maximum atomic E-state index is 15.0. The maximum absolute atomic E-state index is 15.0. The zero-order chi connectivity index (χ0) is 97.9. The van der Waals surface area contributed by atoms with Crippen LogP contribution in [0.4, 0.5) is 83.4 Å². The predicted molar refractivity (Wildman–Crippen MR) is 460 cm³/mol. The Hall–Kier alpha value is -9.77. The average Bonchev–Trinajstić information content (AvgIpc) is 1.29. The minimum Gasteiger partial charge on any atom is -0.292 e. The van der Waals surface area contributed by atoms with Crippen molar-refractivity contribution in [2.24, 2.45) is 5.92 Å². The van der Waals surface area contributed by atoms with E-state index < -0.39 is 208 Å². The maximum Gasteiger partial charge on any atom is 0.522 e. The Labute approximate surface area is 783 Å². The standard InChI is InChI=1S/2C22H20F5N3O3S2.C22H20F5N3O2S2.C21H19F4N3O2S2/c2*23-17-10-20(35(31,32)12-21-28-13-29-34-21)18(24)8-15(17)11-30-7-6-16(33-22(25,26)27)9-19(30)14-4-2-1-3-5-14;23-17-10-20(34(31,32)12-21-28-13-29-33-21)18(24)8-15(17)11-30-7-6-16(22(25,26)27)9-19(30)14-4-2-1-3-5-14;22-16-9-19(32(29,30)12-20-26-13-27-31-20)17(23)8-15(16)11-28-7-6-21(24,25)10-18(28)14-4-2-1-3-5-14/h2*1-5,8,10,13,16,19H,6-7,9,11-12H2;1-5,8,10,13,16,19H,6-7,9,11-12H2;1-5,8-9,13,18H,6-7,10-12H2/t16-,19+;2*16-,19-;18-/m0001/s1. The van der Waals surface area contributed by atoms with Gasteiger partial charge in [0.05, 0.1) is 18.1 Å². The molecule has 4 aliphatic rings. The van der Waals surface area contributed by atoms with Gasteiger partial charge in [-0.2, -0.15) is 30.7 Å². The molecule has 8 aromatic carbocycles. The lowest BCUT2D eigenvalue weighted by atomic mass is 9.86. The van der Waals surface area contributed by atoms with Crippen LogP contribution in [0.15, 0.2) is 215 Å². The molecule has 136 heavy (non-hydrogen) atoms. The van der Waals surface area contributed by atoms with Crippen LogP contribution in [0.1, 0.15) is 140 Å². The Morgan fingerprint density at radius 1 is 0.338 bits per heavy atom. The summed E-state index contributed by atoms with van der Waals surface area (Å²) in [6, 6.07) is 38.1. The number of aromatic nitrogens is 8. The smallest absolute Gasteiger partial charge is 0.292 e. The second-order valence-corrected chi connectivity index (χ2v) is 43.2. The number of hydrogen-bond acceptors (Lipinski definition) is 26. The van der Waals surface area contributed by atoms with Gasteiger partial charge in [-0.15, -0.1) is 26.3 Å². The Morgan fingerprint density at radius 2 is 0.596 bits per heavy atom. The highest BCUT2D eigenvalue weighted by Crippen LogP contribution is 2.46. The summed E-state index contributed by atoms with van der Waals surface area (Å²) in [4.78, 5) is 18.7. The Bertz CT molecular complexity index is 6300. The quantitative estimate of drug-likeness (QED) is 0.0456. The molecule has 0 bridgehead atoms. The highest BCUT2D eigenvalue weighted by Gasteiger charge is 2.47. The number of rotatable bonds is 26. The molecule has 4 aromatic heterocycles. The van der Waals surface area contributed by atoms with Crippen LogP contribution in [0.3, 0.4) is 0 Å². The molecule has 4 fully saturated rings. The van der Waals surface area contributed by atoms with Crippen molar-refractivity contribution < 1.29 is 127 Å². The fraction of sp³-hybridized carbons (Fsp3) is 0.356. The number of hydrogen-bond donors (Lipinski definition) is 0. The summed E-state index contributed by atoms with van der Waals surface area (Å²) in [6.45, 7) is -0.252. The van der Waals surface area contributed by atoms with Gasteiger partial charge in [0.15, 0.2) is 39.3 Å². The van der Waals surface area contributed by atoms with Crippen molar-refractivity contribution in [3.8, 4) is 0 Å². The second-order valence-electron chi connectivity index (χ2n) is 32.0. The molecule has 728 valence electrons. The first-order chi connectivity index (χ1) is 64.2. The van der Waals surface area contributed by atoms with E-state index in [0.29, 0.717) is 46.5 Å². The van der Waals surface area contributed by atoms with Gasteiger partial charge in [-0.1, -0.05) is 121 Å². The summed E-state index contributed by atoms with van der Waals surface area (Å²) < 4.78 is 388. The fourth-order valence-electron chi connectivity index (χ4n) is 16.3. The lowest BCUT2D eigenvalue weighted by Gasteiger charge is -2.40. The van der Waals surface area contributed by atoms with E-state index in [2.05, 4.69) is 46.9 Å². The van der Waals surface area contributed by atoms with Gasteiger partial charge in [0, 0.05) is 105 Å². The van der Waals surface area contributed by atoms with Crippen molar-refractivity contribution in [3.05, 3.63) is 306 Å². The van der Waals surface area contributed by atoms with E-state index in [9.17, 15) is 117 Å². The monoisotopic (exact) mass is 2070 g/mol. The van der Waals surface area contributed by atoms with E-state index in [1.807, 2.05) is 0 Å². The lowest BCUT2D eigenvalue weighted by Crippen LogP contribution is -2.41. The van der Waals surface area contributed by atoms with Crippen molar-refractivity contribution in [2.75, 3.05) is 26.2 Å². The molecular formula is C87H79F19N12O10S8. The van der Waals surface area contributed by atoms with Crippen molar-refractivity contribution >= 4 is 85.5 Å². The first kappa shape index (κ1) is 104. The molecule has 4 aliphatic heterocycles. The van der Waals surface area contributed by atoms with E-state index >= 15 is 0 Å². The largest absolute Gasteiger partial charge is 0.522 e. The Kier molecular flexibility index (Phi) is 33.6. The predicted octanol–water partition coefficient (Wildman–Crippen LogP) is 20.1. The molecule has 8 heterocycles. The SMILES string of the molecule is O=S(=O)(Cc1ncns1)c1cc(F)c(CN2CCC(F)(F)C[C@@H]2c2ccccc2)cc1F.O=S(=O)(Cc1ncns1)c1cc(F)c(CN2CC[C@H](C(F)(F)F)C[C@H]2c2ccccc2)cc1F.O=S(=O)(Cc1ncns1)c1cc(F)c(CN2CC[C@H](OC(F)(F)F)C[C@@H]2c2ccccc2)cc1F.O=S(=O)(Cc1ncns1)c1cc(F)c(CN2CC[C@H](OC(F)(F)F)C[C@H]2c2ccccc2)cc1F. The molecule has 0 saturated carbocycles. The summed E-state index contributed by atoms with van der Waals surface area (Å²) >= 11 is 3.37. The molecular weight excluding hydrogens is 1990 g/mol. The number of alkyl halides is 11. The first-order valence-electron chi connectivity index (χ1n) is 41.2. The van der Waals surface area contributed by atoms with Crippen LogP contribution in [-0.4, -0.2) is 154 Å². The molecule has 7 atom stereocenters. The van der Waals surface area contributed by atoms with Crippen molar-refractivity contribution in [2.45, 2.75) is 181 Å². The molecule has 0 N–H and O–H groups in total. The number of ether oxygens (including phenoxy) is 2. The Balaban J connectivity index is 0.000000153. The van der Waals surface area contributed by atoms with E-state index in [0.717, 1.165) is 70.4 Å². The van der Waals surface area contributed by atoms with Gasteiger partial charge < -0.3 is 0 Å². The van der Waals surface area contributed by atoms with Crippen LogP contribution in [0.2, 0.25) is 0 Å². The van der Waals surface area contributed by atoms with E-state index in [1.54, 1.807) is 141 Å². The fourth-order valence-corrected chi connectivity index (χ4v) is 25.0. The summed E-state index contributed by atoms with van der Waals surface area (Å²) in [7, 11) is -16.8. The zero-order valence-electron chi connectivity index (χ0n) is 70.6. The number of nitrogens with zero attached hydrogens (tertiary/aromatic N) is 12. The third-order valence-corrected chi connectivity index (χ3v) is 32.6. The highest BCUT2D eigenvalue weighted by molar-refractivity contribution is 7.91. The van der Waals surface area contributed by atoms with Crippen LogP contribution in [0.25, 0.3) is 0 Å². The normalized spacial score (nSPS) is 19.6. The van der Waals surface area contributed by atoms with Gasteiger partial charge in [0.1, 0.15) is 134 Å². The topological polar surface area (TPSA) is 271 Å². The van der Waals surface area contributed by atoms with Crippen LogP contribution in [0.5, 0.6) is 0 Å². The number of sulfone groups is 4. The second kappa shape index (κ2) is 44.1. The summed E-state index contributed by atoms with van der Waals surface area (Å²) in [6.07, 6.45) is -12.5.